The standard InChI is InChI=1S/C9H11ClN2S.C5H11NO3/c1-12(2)11-9(13)7-3-5-8(10)6-4-7;1-6-5(2-7,3-8)4-9/h3-6H,1-2H3,(H,11,13);7-9H,1-4H2. The van der Waals surface area contributed by atoms with Gasteiger partial charge in [0.1, 0.15) is 10.5 Å². The minimum atomic E-state index is -1.15. The van der Waals surface area contributed by atoms with Crippen LogP contribution in [0.25, 0.3) is 0 Å². The second-order valence-electron chi connectivity index (χ2n) is 4.70. The Morgan fingerprint density at radius 1 is 1.23 bits per heavy atom. The van der Waals surface area contributed by atoms with Crippen molar-refractivity contribution < 1.29 is 15.3 Å². The molecule has 0 unspecified atom stereocenters. The monoisotopic (exact) mass is 347 g/mol. The molecule has 0 aliphatic heterocycles. The third kappa shape index (κ3) is 7.26. The Balaban J connectivity index is 0.000000433. The third-order valence-electron chi connectivity index (χ3n) is 2.65. The first-order chi connectivity index (χ1) is 10.3. The maximum Gasteiger partial charge on any atom is 0.129 e. The molecule has 1 aromatic rings. The lowest BCUT2D eigenvalue weighted by Gasteiger charge is -2.20. The minimum Gasteiger partial charge on any atom is -0.394 e. The molecule has 0 aliphatic carbocycles. The predicted octanol–water partition coefficient (Wildman–Crippen LogP) is 0.484. The number of aliphatic hydroxyl groups excluding tert-OH is 3. The van der Waals surface area contributed by atoms with Crippen LogP contribution in [0.2, 0.25) is 5.02 Å². The van der Waals surface area contributed by atoms with E-state index in [1.54, 1.807) is 5.01 Å². The summed E-state index contributed by atoms with van der Waals surface area (Å²) < 4.78 is 0. The van der Waals surface area contributed by atoms with Gasteiger partial charge in [0.05, 0.1) is 19.8 Å². The van der Waals surface area contributed by atoms with Crippen LogP contribution in [-0.4, -0.2) is 71.5 Å². The number of rotatable bonds is 6. The summed E-state index contributed by atoms with van der Waals surface area (Å²) in [6.07, 6.45) is 0. The van der Waals surface area contributed by atoms with Gasteiger partial charge in [-0.25, -0.2) is 5.01 Å². The highest BCUT2D eigenvalue weighted by Crippen LogP contribution is 2.09. The topological polar surface area (TPSA) is 88.3 Å². The second-order valence-corrected chi connectivity index (χ2v) is 5.54. The first kappa shape index (κ1) is 20.9. The van der Waals surface area contributed by atoms with E-state index in [2.05, 4.69) is 17.1 Å². The van der Waals surface area contributed by atoms with Gasteiger partial charge in [0, 0.05) is 24.7 Å². The average Bonchev–Trinajstić information content (AvgIpc) is 2.51. The summed E-state index contributed by atoms with van der Waals surface area (Å²) >= 11 is 10.9. The molecule has 0 aromatic heterocycles. The molecule has 4 N–H and O–H groups in total. The fourth-order valence-electron chi connectivity index (χ4n) is 1.17. The molecule has 1 aromatic carbocycles. The van der Waals surface area contributed by atoms with Gasteiger partial charge in [-0.3, -0.25) is 4.99 Å². The Bertz CT molecular complexity index is 457. The smallest absolute Gasteiger partial charge is 0.129 e. The van der Waals surface area contributed by atoms with Gasteiger partial charge in [0.25, 0.3) is 0 Å². The first-order valence-electron chi connectivity index (χ1n) is 6.38. The lowest BCUT2D eigenvalue weighted by molar-refractivity contribution is 0.0721. The zero-order chi connectivity index (χ0) is 17.2. The molecule has 22 heavy (non-hydrogen) atoms. The van der Waals surface area contributed by atoms with E-state index in [0.29, 0.717) is 4.99 Å². The van der Waals surface area contributed by atoms with Gasteiger partial charge in [0.15, 0.2) is 0 Å². The van der Waals surface area contributed by atoms with E-state index in [-0.39, 0.29) is 19.8 Å². The Morgan fingerprint density at radius 2 is 1.68 bits per heavy atom. The maximum absolute atomic E-state index is 8.52. The van der Waals surface area contributed by atoms with Crippen molar-refractivity contribution in [3.63, 3.8) is 0 Å². The normalized spacial score (nSPS) is 10.7. The molecule has 0 amide bonds. The van der Waals surface area contributed by atoms with Crippen LogP contribution < -0.4 is 5.43 Å². The van der Waals surface area contributed by atoms with E-state index in [4.69, 9.17) is 39.1 Å². The van der Waals surface area contributed by atoms with E-state index < -0.39 is 5.54 Å². The number of hydrogen-bond acceptors (Lipinski definition) is 6. The first-order valence-corrected chi connectivity index (χ1v) is 7.17. The molecular weight excluding hydrogens is 326 g/mol. The number of hydrazine groups is 1. The number of thiocarbonyl (C=S) groups is 1. The van der Waals surface area contributed by atoms with Crippen molar-refractivity contribution in [3.05, 3.63) is 34.9 Å². The van der Waals surface area contributed by atoms with Gasteiger partial charge >= 0.3 is 0 Å². The molecule has 0 radical (unpaired) electrons. The summed E-state index contributed by atoms with van der Waals surface area (Å²) in [5.74, 6) is 0. The van der Waals surface area contributed by atoms with Gasteiger partial charge in [-0.2, -0.15) is 0 Å². The number of aliphatic imine (C=N–C) groups is 1. The SMILES string of the molecule is C=NC(CO)(CO)CO.CN(C)NC(=S)c1ccc(Cl)cc1. The number of hydrogen-bond donors (Lipinski definition) is 4. The van der Waals surface area contributed by atoms with Gasteiger partial charge in [-0.15, -0.1) is 0 Å². The summed E-state index contributed by atoms with van der Waals surface area (Å²) in [5.41, 5.74) is 2.81. The third-order valence-corrected chi connectivity index (χ3v) is 3.23. The molecule has 124 valence electrons. The Morgan fingerprint density at radius 3 is 1.95 bits per heavy atom. The molecule has 0 spiro atoms. The van der Waals surface area contributed by atoms with E-state index in [0.717, 1.165) is 10.6 Å². The molecule has 8 heteroatoms. The predicted molar refractivity (Wildman–Crippen MR) is 93.5 cm³/mol. The molecular formula is C14H22ClN3O3S. The van der Waals surface area contributed by atoms with Crippen molar-refractivity contribution in [1.29, 1.82) is 0 Å². The highest BCUT2D eigenvalue weighted by atomic mass is 35.5. The lowest BCUT2D eigenvalue weighted by Crippen LogP contribution is -2.39. The summed E-state index contributed by atoms with van der Waals surface area (Å²) in [5, 5.41) is 28.1. The van der Waals surface area contributed by atoms with Crippen LogP contribution in [0.3, 0.4) is 0 Å². The van der Waals surface area contributed by atoms with Gasteiger partial charge in [-0.1, -0.05) is 36.0 Å². The van der Waals surface area contributed by atoms with Crippen LogP contribution >= 0.6 is 23.8 Å². The fourth-order valence-corrected chi connectivity index (χ4v) is 1.61. The van der Waals surface area contributed by atoms with Gasteiger partial charge in [0.2, 0.25) is 0 Å². The van der Waals surface area contributed by atoms with Gasteiger partial charge in [-0.05, 0) is 18.9 Å². The molecule has 0 atom stereocenters. The van der Waals surface area contributed by atoms with E-state index >= 15 is 0 Å². The number of benzene rings is 1. The zero-order valence-electron chi connectivity index (χ0n) is 12.7. The van der Waals surface area contributed by atoms with E-state index in [1.165, 1.54) is 0 Å². The molecule has 1 rings (SSSR count). The average molecular weight is 348 g/mol. The van der Waals surface area contributed by atoms with Crippen LogP contribution in [0.1, 0.15) is 5.56 Å². The number of aliphatic hydroxyl groups is 3. The Hall–Kier alpha value is -1.09. The second kappa shape index (κ2) is 10.6. The molecule has 0 fully saturated rings. The minimum absolute atomic E-state index is 0.385. The van der Waals surface area contributed by atoms with Crippen molar-refractivity contribution in [2.24, 2.45) is 4.99 Å². The van der Waals surface area contributed by atoms with Crippen molar-refractivity contribution in [2.75, 3.05) is 33.9 Å². The fraction of sp³-hybridized carbons (Fsp3) is 0.429. The maximum atomic E-state index is 8.52. The van der Waals surface area contributed by atoms with Crippen molar-refractivity contribution >= 4 is 35.5 Å². The highest BCUT2D eigenvalue weighted by Gasteiger charge is 2.24. The number of nitrogens with zero attached hydrogens (tertiary/aromatic N) is 2. The largest absolute Gasteiger partial charge is 0.394 e. The van der Waals surface area contributed by atoms with Crippen molar-refractivity contribution in [1.82, 2.24) is 10.4 Å². The molecule has 0 aliphatic rings. The molecule has 0 saturated heterocycles. The van der Waals surface area contributed by atoms with E-state index in [1.807, 2.05) is 38.4 Å². The van der Waals surface area contributed by atoms with E-state index in [9.17, 15) is 0 Å². The van der Waals surface area contributed by atoms with Crippen molar-refractivity contribution in [2.45, 2.75) is 5.54 Å². The summed E-state index contributed by atoms with van der Waals surface area (Å²) in [4.78, 5) is 4.07. The Labute approximate surface area is 141 Å². The quantitative estimate of drug-likeness (QED) is 0.340. The molecule has 0 saturated carbocycles. The van der Waals surface area contributed by atoms with Crippen LogP contribution in [0, 0.1) is 0 Å². The Kier molecular flexibility index (Phi) is 10.1. The van der Waals surface area contributed by atoms with Crippen molar-refractivity contribution in [3.8, 4) is 0 Å². The number of halogens is 1. The lowest BCUT2D eigenvalue weighted by atomic mass is 10.1. The van der Waals surface area contributed by atoms with Crippen LogP contribution in [0.4, 0.5) is 0 Å². The van der Waals surface area contributed by atoms with Crippen LogP contribution in [0.15, 0.2) is 29.3 Å². The molecule has 0 bridgehead atoms. The van der Waals surface area contributed by atoms with Gasteiger partial charge < -0.3 is 20.7 Å². The highest BCUT2D eigenvalue weighted by molar-refractivity contribution is 7.80. The summed E-state index contributed by atoms with van der Waals surface area (Å²) in [7, 11) is 3.78. The van der Waals surface area contributed by atoms with Crippen LogP contribution in [-0.2, 0) is 0 Å². The summed E-state index contributed by atoms with van der Waals surface area (Å²) in [6, 6.07) is 7.42. The molecule has 6 nitrogen and oxygen atoms in total. The summed E-state index contributed by atoms with van der Waals surface area (Å²) in [6.45, 7) is 1.96. The zero-order valence-corrected chi connectivity index (χ0v) is 14.2. The number of nitrogens with one attached hydrogen (secondary N) is 1. The molecule has 0 heterocycles. The van der Waals surface area contributed by atoms with Crippen LogP contribution in [0.5, 0.6) is 0 Å².